The first-order valence-corrected chi connectivity index (χ1v) is 10.9. The number of nitrogens with zero attached hydrogens (tertiary/aromatic N) is 1. The molecule has 1 heterocycles. The number of amides is 1. The molecular formula is C23H30FNO5. The van der Waals surface area contributed by atoms with Gasteiger partial charge in [0.25, 0.3) is 0 Å². The first-order valence-electron chi connectivity index (χ1n) is 10.9. The molecule has 1 N–H and O–H groups in total. The van der Waals surface area contributed by atoms with Crippen LogP contribution in [0.4, 0.5) is 9.18 Å². The van der Waals surface area contributed by atoms with E-state index >= 15 is 0 Å². The average Bonchev–Trinajstić information content (AvgIpc) is 3.40. The second kappa shape index (κ2) is 8.08. The number of halogens is 1. The summed E-state index contributed by atoms with van der Waals surface area (Å²) < 4.78 is 24.8. The van der Waals surface area contributed by atoms with Crippen LogP contribution in [0.5, 0.6) is 5.75 Å². The number of carbonyl (C=O) groups is 2. The molecule has 2 aliphatic carbocycles. The SMILES string of the molecule is CC1(OC(=O)N2CCC3(CC2)CC(CCCOc2ccc(C(=O)O)c(F)c2)C3)CC1. The van der Waals surface area contributed by atoms with E-state index in [4.69, 9.17) is 14.6 Å². The molecular weight excluding hydrogens is 389 g/mol. The lowest BCUT2D eigenvalue weighted by Crippen LogP contribution is -2.49. The molecule has 1 amide bonds. The summed E-state index contributed by atoms with van der Waals surface area (Å²) in [5.41, 5.74) is -0.162. The van der Waals surface area contributed by atoms with E-state index in [2.05, 4.69) is 0 Å². The fourth-order valence-electron chi connectivity index (χ4n) is 4.82. The van der Waals surface area contributed by atoms with Gasteiger partial charge in [0, 0.05) is 19.2 Å². The minimum Gasteiger partial charge on any atom is -0.493 e. The zero-order chi connectivity index (χ0) is 21.4. The Kier molecular flexibility index (Phi) is 5.64. The third kappa shape index (κ3) is 4.71. The summed E-state index contributed by atoms with van der Waals surface area (Å²) in [6.07, 6.45) is 8.29. The Morgan fingerprint density at radius 2 is 1.90 bits per heavy atom. The molecule has 164 valence electrons. The van der Waals surface area contributed by atoms with E-state index in [0.717, 1.165) is 57.7 Å². The summed E-state index contributed by atoms with van der Waals surface area (Å²) in [7, 11) is 0. The number of piperidine rings is 1. The van der Waals surface area contributed by atoms with Crippen molar-refractivity contribution in [2.75, 3.05) is 19.7 Å². The fraction of sp³-hybridized carbons (Fsp3) is 0.652. The number of carboxylic acid groups (broad SMARTS) is 1. The maximum Gasteiger partial charge on any atom is 0.410 e. The van der Waals surface area contributed by atoms with E-state index in [9.17, 15) is 14.0 Å². The molecule has 7 heteroatoms. The van der Waals surface area contributed by atoms with Crippen LogP contribution in [-0.4, -0.2) is 47.4 Å². The molecule has 1 spiro atoms. The molecule has 1 aromatic carbocycles. The third-order valence-corrected chi connectivity index (χ3v) is 7.01. The lowest BCUT2D eigenvalue weighted by Gasteiger charge is -2.52. The molecule has 1 aliphatic heterocycles. The average molecular weight is 419 g/mol. The maximum atomic E-state index is 13.7. The van der Waals surface area contributed by atoms with Crippen molar-refractivity contribution in [3.63, 3.8) is 0 Å². The van der Waals surface area contributed by atoms with Gasteiger partial charge in [0.1, 0.15) is 17.2 Å². The highest BCUT2D eigenvalue weighted by Gasteiger charge is 2.47. The van der Waals surface area contributed by atoms with Crippen LogP contribution in [-0.2, 0) is 4.74 Å². The van der Waals surface area contributed by atoms with Crippen LogP contribution >= 0.6 is 0 Å². The number of rotatable bonds is 7. The first kappa shape index (κ1) is 20.9. The monoisotopic (exact) mass is 419 g/mol. The molecule has 1 aromatic rings. The van der Waals surface area contributed by atoms with E-state index in [-0.39, 0.29) is 17.3 Å². The highest BCUT2D eigenvalue weighted by molar-refractivity contribution is 5.88. The summed E-state index contributed by atoms with van der Waals surface area (Å²) in [6, 6.07) is 3.85. The van der Waals surface area contributed by atoms with Crippen LogP contribution in [0.2, 0.25) is 0 Å². The molecule has 6 nitrogen and oxygen atoms in total. The van der Waals surface area contributed by atoms with Crippen LogP contribution in [0.1, 0.15) is 68.6 Å². The largest absolute Gasteiger partial charge is 0.493 e. The topological polar surface area (TPSA) is 76.1 Å². The highest BCUT2D eigenvalue weighted by atomic mass is 19.1. The van der Waals surface area contributed by atoms with Crippen molar-refractivity contribution in [2.24, 2.45) is 11.3 Å². The summed E-state index contributed by atoms with van der Waals surface area (Å²) in [4.78, 5) is 24.9. The van der Waals surface area contributed by atoms with Crippen LogP contribution in [0.25, 0.3) is 0 Å². The lowest BCUT2D eigenvalue weighted by atomic mass is 9.56. The number of aromatic carboxylic acids is 1. The molecule has 30 heavy (non-hydrogen) atoms. The summed E-state index contributed by atoms with van der Waals surface area (Å²) >= 11 is 0. The molecule has 0 atom stereocenters. The van der Waals surface area contributed by atoms with E-state index in [1.54, 1.807) is 0 Å². The smallest absolute Gasteiger partial charge is 0.410 e. The maximum absolute atomic E-state index is 13.7. The predicted octanol–water partition coefficient (Wildman–Crippen LogP) is 4.86. The molecule has 2 saturated carbocycles. The Morgan fingerprint density at radius 3 is 2.50 bits per heavy atom. The normalized spacial score (nSPS) is 21.7. The van der Waals surface area contributed by atoms with Crippen molar-refractivity contribution in [1.29, 1.82) is 0 Å². The molecule has 4 rings (SSSR count). The van der Waals surface area contributed by atoms with Crippen LogP contribution < -0.4 is 4.74 Å². The van der Waals surface area contributed by atoms with Gasteiger partial charge < -0.3 is 19.5 Å². The zero-order valence-electron chi connectivity index (χ0n) is 17.5. The van der Waals surface area contributed by atoms with E-state index in [1.165, 1.54) is 25.0 Å². The minimum absolute atomic E-state index is 0.148. The Bertz CT molecular complexity index is 806. The van der Waals surface area contributed by atoms with E-state index < -0.39 is 11.8 Å². The molecule has 3 aliphatic rings. The lowest BCUT2D eigenvalue weighted by molar-refractivity contribution is -0.0231. The minimum atomic E-state index is -1.28. The zero-order valence-corrected chi connectivity index (χ0v) is 17.5. The number of carbonyl (C=O) groups excluding carboxylic acids is 1. The number of carboxylic acids is 1. The van der Waals surface area contributed by atoms with Gasteiger partial charge in [-0.1, -0.05) is 0 Å². The van der Waals surface area contributed by atoms with E-state index in [0.29, 0.717) is 23.7 Å². The van der Waals surface area contributed by atoms with Crippen molar-refractivity contribution in [3.8, 4) is 5.75 Å². The number of benzene rings is 1. The van der Waals surface area contributed by atoms with Crippen LogP contribution in [0, 0.1) is 17.2 Å². The van der Waals surface area contributed by atoms with Crippen molar-refractivity contribution in [1.82, 2.24) is 4.90 Å². The van der Waals surface area contributed by atoms with Gasteiger partial charge in [0.2, 0.25) is 0 Å². The number of hydrogen-bond donors (Lipinski definition) is 1. The van der Waals surface area contributed by atoms with Crippen LogP contribution in [0.15, 0.2) is 18.2 Å². The van der Waals surface area contributed by atoms with Gasteiger partial charge >= 0.3 is 12.1 Å². The standard InChI is InChI=1S/C23H30FNO5/c1-22(6-7-22)30-21(28)25-10-8-23(9-11-25)14-16(15-23)3-2-12-29-17-4-5-18(20(26)27)19(24)13-17/h4-5,13,16H,2-3,6-12,14-15H2,1H3,(H,26,27). The number of ether oxygens (including phenoxy) is 2. The van der Waals surface area contributed by atoms with Crippen LogP contribution in [0.3, 0.4) is 0 Å². The van der Waals surface area contributed by atoms with Crippen molar-refractivity contribution in [3.05, 3.63) is 29.6 Å². The third-order valence-electron chi connectivity index (χ3n) is 7.01. The Hall–Kier alpha value is -2.31. The van der Waals surface area contributed by atoms with Gasteiger partial charge in [-0.25, -0.2) is 14.0 Å². The number of hydrogen-bond acceptors (Lipinski definition) is 4. The second-order valence-corrected chi connectivity index (χ2v) is 9.52. The van der Waals surface area contributed by atoms with Crippen molar-refractivity contribution in [2.45, 2.75) is 63.9 Å². The fourth-order valence-corrected chi connectivity index (χ4v) is 4.82. The van der Waals surface area contributed by atoms with E-state index in [1.807, 2.05) is 11.8 Å². The molecule has 0 unspecified atom stereocenters. The Morgan fingerprint density at radius 1 is 1.20 bits per heavy atom. The van der Waals surface area contributed by atoms with Crippen molar-refractivity contribution < 1.29 is 28.6 Å². The van der Waals surface area contributed by atoms with Gasteiger partial charge in [-0.05, 0) is 81.8 Å². The summed E-state index contributed by atoms with van der Waals surface area (Å²) in [5, 5.41) is 8.85. The van der Waals surface area contributed by atoms with Gasteiger partial charge in [-0.3, -0.25) is 0 Å². The quantitative estimate of drug-likeness (QED) is 0.639. The molecule has 0 aromatic heterocycles. The van der Waals surface area contributed by atoms with Crippen molar-refractivity contribution >= 4 is 12.1 Å². The van der Waals surface area contributed by atoms with Gasteiger partial charge in [0.05, 0.1) is 12.2 Å². The molecule has 0 radical (unpaired) electrons. The summed E-state index contributed by atoms with van der Waals surface area (Å²) in [6.45, 7) is 4.08. The Labute approximate surface area is 176 Å². The summed E-state index contributed by atoms with van der Waals surface area (Å²) in [5.74, 6) is -1.01. The number of likely N-dealkylation sites (tertiary alicyclic amines) is 1. The van der Waals surface area contributed by atoms with Gasteiger partial charge in [-0.2, -0.15) is 0 Å². The highest BCUT2D eigenvalue weighted by Crippen LogP contribution is 2.54. The van der Waals surface area contributed by atoms with Gasteiger partial charge in [0.15, 0.2) is 0 Å². The first-order chi connectivity index (χ1) is 14.3. The molecule has 3 fully saturated rings. The predicted molar refractivity (Wildman–Crippen MR) is 108 cm³/mol. The molecule has 0 bridgehead atoms. The Balaban J connectivity index is 1.12. The molecule has 1 saturated heterocycles. The van der Waals surface area contributed by atoms with Gasteiger partial charge in [-0.15, -0.1) is 0 Å². The second-order valence-electron chi connectivity index (χ2n) is 9.52.